The molecule has 1 aliphatic carbocycles. The highest BCUT2D eigenvalue weighted by molar-refractivity contribution is 5.94. The fourth-order valence-corrected chi connectivity index (χ4v) is 2.46. The summed E-state index contributed by atoms with van der Waals surface area (Å²) in [6.45, 7) is 2.94. The van der Waals surface area contributed by atoms with Gasteiger partial charge in [-0.1, -0.05) is 12.1 Å². The number of nitrogens with one attached hydrogen (secondary N) is 1. The van der Waals surface area contributed by atoms with Crippen LogP contribution in [-0.4, -0.2) is 27.2 Å². The Morgan fingerprint density at radius 1 is 1.48 bits per heavy atom. The molecule has 0 saturated heterocycles. The van der Waals surface area contributed by atoms with E-state index in [4.69, 9.17) is 0 Å². The Kier molecular flexibility index (Phi) is 4.50. The number of rotatable bonds is 6. The van der Waals surface area contributed by atoms with E-state index in [9.17, 15) is 9.18 Å². The Balaban J connectivity index is 1.53. The molecule has 0 spiro atoms. The van der Waals surface area contributed by atoms with E-state index < -0.39 is 0 Å². The first-order valence-electron chi connectivity index (χ1n) is 7.73. The maximum atomic E-state index is 13.2. The van der Waals surface area contributed by atoms with Crippen molar-refractivity contribution in [3.8, 4) is 0 Å². The van der Waals surface area contributed by atoms with Crippen molar-refractivity contribution >= 4 is 11.5 Å². The molecule has 6 heteroatoms. The van der Waals surface area contributed by atoms with Gasteiger partial charge in [0, 0.05) is 25.1 Å². The first kappa shape index (κ1) is 15.4. The molecule has 1 amide bonds. The first-order chi connectivity index (χ1) is 11.1. The zero-order valence-electron chi connectivity index (χ0n) is 13.0. The van der Waals surface area contributed by atoms with Gasteiger partial charge < -0.3 is 9.88 Å². The highest BCUT2D eigenvalue weighted by atomic mass is 19.1. The third-order valence-electron chi connectivity index (χ3n) is 3.87. The smallest absolute Gasteiger partial charge is 0.244 e. The van der Waals surface area contributed by atoms with Gasteiger partial charge in [0.1, 0.15) is 18.0 Å². The third-order valence-corrected chi connectivity index (χ3v) is 3.87. The van der Waals surface area contributed by atoms with Crippen LogP contribution in [0, 0.1) is 5.82 Å². The molecular formula is C17H19FN4O. The van der Waals surface area contributed by atoms with E-state index in [1.807, 2.05) is 4.57 Å². The van der Waals surface area contributed by atoms with Crippen LogP contribution in [0.2, 0.25) is 0 Å². The van der Waals surface area contributed by atoms with Crippen molar-refractivity contribution < 1.29 is 9.18 Å². The highest BCUT2D eigenvalue weighted by Crippen LogP contribution is 2.38. The number of amides is 1. The van der Waals surface area contributed by atoms with E-state index in [2.05, 4.69) is 15.5 Å². The number of halogens is 1. The minimum atomic E-state index is -0.309. The number of hydrogen-bond donors (Lipinski definition) is 1. The van der Waals surface area contributed by atoms with Crippen molar-refractivity contribution in [2.24, 2.45) is 0 Å². The average molecular weight is 314 g/mol. The number of benzene rings is 1. The van der Waals surface area contributed by atoms with E-state index in [0.717, 1.165) is 11.4 Å². The minimum Gasteiger partial charge on any atom is -0.351 e. The van der Waals surface area contributed by atoms with Crippen molar-refractivity contribution in [2.75, 3.05) is 6.54 Å². The standard InChI is InChI=1S/C17H19FN4O/c1-12(14-3-2-4-15(18)10-14)9-16(23)19-7-8-22-11-20-21-17(22)13-5-6-13/h2-4,9-11,13H,5-8H2,1H3,(H,19,23)/b12-9+. The quantitative estimate of drug-likeness (QED) is 0.834. The predicted octanol–water partition coefficient (Wildman–Crippen LogP) is 2.51. The summed E-state index contributed by atoms with van der Waals surface area (Å²) in [4.78, 5) is 11.9. The van der Waals surface area contributed by atoms with Gasteiger partial charge in [-0.3, -0.25) is 4.79 Å². The molecule has 0 bridgehead atoms. The zero-order chi connectivity index (χ0) is 16.2. The van der Waals surface area contributed by atoms with Gasteiger partial charge in [-0.2, -0.15) is 0 Å². The lowest BCUT2D eigenvalue weighted by Gasteiger charge is -2.07. The molecular weight excluding hydrogens is 295 g/mol. The number of aromatic nitrogens is 3. The van der Waals surface area contributed by atoms with Crippen LogP contribution in [0.4, 0.5) is 4.39 Å². The number of hydrogen-bond acceptors (Lipinski definition) is 3. The molecule has 0 aliphatic heterocycles. The normalized spacial score (nSPS) is 14.8. The number of carbonyl (C=O) groups is 1. The second-order valence-corrected chi connectivity index (χ2v) is 5.79. The number of allylic oxidation sites excluding steroid dienone is 1. The van der Waals surface area contributed by atoms with E-state index >= 15 is 0 Å². The Labute approximate surface area is 134 Å². The van der Waals surface area contributed by atoms with Crippen LogP contribution in [0.15, 0.2) is 36.7 Å². The second kappa shape index (κ2) is 6.73. The van der Waals surface area contributed by atoms with Crippen molar-refractivity contribution in [1.29, 1.82) is 0 Å². The van der Waals surface area contributed by atoms with Crippen molar-refractivity contribution in [3.63, 3.8) is 0 Å². The van der Waals surface area contributed by atoms with Crippen LogP contribution in [0.3, 0.4) is 0 Å². The summed E-state index contributed by atoms with van der Waals surface area (Å²) in [5.41, 5.74) is 1.43. The summed E-state index contributed by atoms with van der Waals surface area (Å²) in [5, 5.41) is 10.9. The van der Waals surface area contributed by atoms with Crippen molar-refractivity contribution in [2.45, 2.75) is 32.2 Å². The van der Waals surface area contributed by atoms with E-state index in [1.165, 1.54) is 31.1 Å². The number of nitrogens with zero attached hydrogens (tertiary/aromatic N) is 3. The molecule has 1 aromatic carbocycles. The summed E-state index contributed by atoms with van der Waals surface area (Å²) in [7, 11) is 0. The Morgan fingerprint density at radius 3 is 3.04 bits per heavy atom. The molecule has 23 heavy (non-hydrogen) atoms. The monoisotopic (exact) mass is 314 g/mol. The van der Waals surface area contributed by atoms with Gasteiger partial charge in [-0.15, -0.1) is 10.2 Å². The van der Waals surface area contributed by atoms with Crippen molar-refractivity contribution in [3.05, 3.63) is 53.9 Å². The van der Waals surface area contributed by atoms with E-state index in [0.29, 0.717) is 24.6 Å². The molecule has 0 unspecified atom stereocenters. The molecule has 3 rings (SSSR count). The predicted molar refractivity (Wildman–Crippen MR) is 85.1 cm³/mol. The molecule has 1 fully saturated rings. The molecule has 1 aromatic heterocycles. The summed E-state index contributed by atoms with van der Waals surface area (Å²) in [6.07, 6.45) is 5.53. The fraction of sp³-hybridized carbons (Fsp3) is 0.353. The Morgan fingerprint density at radius 2 is 2.30 bits per heavy atom. The van der Waals surface area contributed by atoms with Gasteiger partial charge in [0.25, 0.3) is 0 Å². The summed E-state index contributed by atoms with van der Waals surface area (Å²) in [6, 6.07) is 6.21. The Bertz CT molecular complexity index is 734. The Hall–Kier alpha value is -2.50. The largest absolute Gasteiger partial charge is 0.351 e. The maximum Gasteiger partial charge on any atom is 0.244 e. The second-order valence-electron chi connectivity index (χ2n) is 5.79. The summed E-state index contributed by atoms with van der Waals surface area (Å²) < 4.78 is 15.2. The van der Waals surface area contributed by atoms with Gasteiger partial charge in [-0.25, -0.2) is 4.39 Å². The topological polar surface area (TPSA) is 59.8 Å². The lowest BCUT2D eigenvalue weighted by Crippen LogP contribution is -2.26. The van der Waals surface area contributed by atoms with Crippen molar-refractivity contribution in [1.82, 2.24) is 20.1 Å². The molecule has 1 N–H and O–H groups in total. The highest BCUT2D eigenvalue weighted by Gasteiger charge is 2.28. The molecule has 1 saturated carbocycles. The fourth-order valence-electron chi connectivity index (χ4n) is 2.46. The van der Waals surface area contributed by atoms with Gasteiger partial charge >= 0.3 is 0 Å². The van der Waals surface area contributed by atoms with Crippen LogP contribution in [0.25, 0.3) is 5.57 Å². The van der Waals surface area contributed by atoms with Gasteiger partial charge in [0.05, 0.1) is 0 Å². The van der Waals surface area contributed by atoms with Crippen LogP contribution < -0.4 is 5.32 Å². The molecule has 5 nitrogen and oxygen atoms in total. The molecule has 0 atom stereocenters. The molecule has 1 aliphatic rings. The van der Waals surface area contributed by atoms with Crippen LogP contribution in [0.5, 0.6) is 0 Å². The lowest BCUT2D eigenvalue weighted by atomic mass is 10.1. The number of carbonyl (C=O) groups excluding carboxylic acids is 1. The molecule has 120 valence electrons. The van der Waals surface area contributed by atoms with E-state index in [-0.39, 0.29) is 11.7 Å². The molecule has 2 aromatic rings. The summed E-state index contributed by atoms with van der Waals surface area (Å²) >= 11 is 0. The van der Waals surface area contributed by atoms with Crippen LogP contribution >= 0.6 is 0 Å². The van der Waals surface area contributed by atoms with E-state index in [1.54, 1.807) is 25.4 Å². The zero-order valence-corrected chi connectivity index (χ0v) is 13.0. The van der Waals surface area contributed by atoms with Gasteiger partial charge in [0.15, 0.2) is 0 Å². The SMILES string of the molecule is C/C(=C\C(=O)NCCn1cnnc1C1CC1)c1cccc(F)c1. The molecule has 1 heterocycles. The maximum absolute atomic E-state index is 13.2. The first-order valence-corrected chi connectivity index (χ1v) is 7.73. The van der Waals surface area contributed by atoms with Crippen LogP contribution in [-0.2, 0) is 11.3 Å². The average Bonchev–Trinajstić information content (AvgIpc) is 3.26. The molecule has 0 radical (unpaired) electrons. The third kappa shape index (κ3) is 4.03. The minimum absolute atomic E-state index is 0.187. The van der Waals surface area contributed by atoms with Crippen LogP contribution in [0.1, 0.15) is 37.1 Å². The lowest BCUT2D eigenvalue weighted by molar-refractivity contribution is -0.116. The van der Waals surface area contributed by atoms with Gasteiger partial charge in [0.2, 0.25) is 5.91 Å². The summed E-state index contributed by atoms with van der Waals surface area (Å²) in [5.74, 6) is 1.04. The van der Waals surface area contributed by atoms with Gasteiger partial charge in [-0.05, 0) is 43.0 Å².